The Labute approximate surface area is 188 Å². The van der Waals surface area contributed by atoms with Crippen molar-refractivity contribution in [3.8, 4) is 5.75 Å². The highest BCUT2D eigenvalue weighted by Gasteiger charge is 2.24. The minimum Gasteiger partial charge on any atom is -0.490 e. The molecule has 31 heavy (non-hydrogen) atoms. The molecule has 0 unspecified atom stereocenters. The van der Waals surface area contributed by atoms with Gasteiger partial charge in [0.05, 0.1) is 6.54 Å². The maximum Gasteiger partial charge on any atom is 0.224 e. The van der Waals surface area contributed by atoms with Crippen LogP contribution >= 0.6 is 11.3 Å². The van der Waals surface area contributed by atoms with Crippen molar-refractivity contribution < 1.29 is 9.53 Å². The Morgan fingerprint density at radius 2 is 1.97 bits per heavy atom. The van der Waals surface area contributed by atoms with Crippen LogP contribution in [-0.2, 0) is 17.8 Å². The van der Waals surface area contributed by atoms with Crippen LogP contribution in [0.25, 0.3) is 0 Å². The minimum atomic E-state index is 0.200. The lowest BCUT2D eigenvalue weighted by Crippen LogP contribution is -2.47. The van der Waals surface area contributed by atoms with Crippen molar-refractivity contribution in [2.24, 2.45) is 4.99 Å². The Kier molecular flexibility index (Phi) is 7.46. The number of aliphatic imine (C=N–C) groups is 1. The molecule has 1 saturated heterocycles. The van der Waals surface area contributed by atoms with E-state index in [1.807, 2.05) is 35.2 Å². The number of nitrogens with zero attached hydrogens (tertiary/aromatic N) is 3. The lowest BCUT2D eigenvalue weighted by molar-refractivity contribution is -0.131. The van der Waals surface area contributed by atoms with E-state index in [1.54, 1.807) is 11.3 Å². The van der Waals surface area contributed by atoms with Gasteiger partial charge in [0.15, 0.2) is 5.96 Å². The summed E-state index contributed by atoms with van der Waals surface area (Å²) in [5, 5.41) is 5.52. The van der Waals surface area contributed by atoms with Gasteiger partial charge in [-0.1, -0.05) is 18.2 Å². The number of fused-ring (bicyclic) bond motifs is 1. The maximum atomic E-state index is 12.7. The Morgan fingerprint density at radius 1 is 1.16 bits per heavy atom. The van der Waals surface area contributed by atoms with Gasteiger partial charge in [0, 0.05) is 56.9 Å². The van der Waals surface area contributed by atoms with E-state index in [-0.39, 0.29) is 12.0 Å². The van der Waals surface area contributed by atoms with Gasteiger partial charge in [-0.15, -0.1) is 11.3 Å². The Morgan fingerprint density at radius 3 is 2.74 bits per heavy atom. The van der Waals surface area contributed by atoms with Crippen LogP contribution in [0.5, 0.6) is 5.75 Å². The molecule has 0 radical (unpaired) electrons. The molecule has 1 amide bonds. The first-order chi connectivity index (χ1) is 15.2. The Balaban J connectivity index is 1.25. The fourth-order valence-electron chi connectivity index (χ4n) is 4.18. The van der Waals surface area contributed by atoms with E-state index in [4.69, 9.17) is 9.73 Å². The molecule has 0 saturated carbocycles. The number of hydrogen-bond donors (Lipinski definition) is 1. The number of piperidine rings is 1. The first-order valence-electron chi connectivity index (χ1n) is 11.3. The second-order valence-corrected chi connectivity index (χ2v) is 9.04. The monoisotopic (exact) mass is 440 g/mol. The number of benzene rings is 1. The number of hydrogen-bond acceptors (Lipinski definition) is 4. The molecule has 1 aromatic carbocycles. The molecule has 4 rings (SSSR count). The first-order valence-corrected chi connectivity index (χ1v) is 12.2. The van der Waals surface area contributed by atoms with Gasteiger partial charge in [0.1, 0.15) is 11.9 Å². The lowest BCUT2D eigenvalue weighted by Gasteiger charge is -2.34. The van der Waals surface area contributed by atoms with Crippen LogP contribution in [-0.4, -0.2) is 60.5 Å². The summed E-state index contributed by atoms with van der Waals surface area (Å²) in [7, 11) is 0. The molecule has 1 N–H and O–H groups in total. The number of carbonyl (C=O) groups is 1. The third-order valence-electron chi connectivity index (χ3n) is 5.87. The number of thiophene rings is 1. The van der Waals surface area contributed by atoms with Gasteiger partial charge < -0.3 is 19.9 Å². The number of nitrogens with one attached hydrogen (secondary N) is 1. The fraction of sp³-hybridized carbons (Fsp3) is 0.500. The van der Waals surface area contributed by atoms with Crippen molar-refractivity contribution >= 4 is 23.2 Å². The molecule has 7 heteroatoms. The maximum absolute atomic E-state index is 12.7. The molecular formula is C24H32N4O2S. The molecular weight excluding hydrogens is 408 g/mol. The van der Waals surface area contributed by atoms with Crippen molar-refractivity contribution in [3.63, 3.8) is 0 Å². The van der Waals surface area contributed by atoms with E-state index in [1.165, 1.54) is 10.4 Å². The van der Waals surface area contributed by atoms with E-state index in [2.05, 4.69) is 28.6 Å². The molecule has 0 spiro atoms. The number of carbonyl (C=O) groups excluding carboxylic acids is 1. The topological polar surface area (TPSA) is 57.2 Å². The van der Waals surface area contributed by atoms with Gasteiger partial charge in [0.25, 0.3) is 0 Å². The Bertz CT molecular complexity index is 875. The number of guanidine groups is 1. The molecule has 3 heterocycles. The van der Waals surface area contributed by atoms with E-state index in [0.29, 0.717) is 13.0 Å². The summed E-state index contributed by atoms with van der Waals surface area (Å²) in [5.74, 6) is 2.05. The normalized spacial score (nSPS) is 17.4. The van der Waals surface area contributed by atoms with Crippen LogP contribution in [0.15, 0.2) is 46.8 Å². The zero-order valence-corrected chi connectivity index (χ0v) is 19.1. The van der Waals surface area contributed by atoms with Gasteiger partial charge in [-0.25, -0.2) is 0 Å². The summed E-state index contributed by atoms with van der Waals surface area (Å²) in [5.41, 5.74) is 1.31. The third-order valence-corrected chi connectivity index (χ3v) is 6.89. The van der Waals surface area contributed by atoms with Gasteiger partial charge in [-0.05, 0) is 42.5 Å². The molecule has 2 aromatic rings. The average molecular weight is 441 g/mol. The highest BCUT2D eigenvalue weighted by molar-refractivity contribution is 7.10. The standard InChI is InChI=1S/C24H32N4O2S/c1-2-25-24(27-14-9-21(10-15-27)30-20-6-4-3-5-7-20)26-13-8-23(29)28-16-11-22-19(18-28)12-17-31-22/h3-7,12,17,21H,2,8-11,13-16,18H2,1H3,(H,25,26). The van der Waals surface area contributed by atoms with Gasteiger partial charge >= 0.3 is 0 Å². The summed E-state index contributed by atoms with van der Waals surface area (Å²) in [6, 6.07) is 12.2. The number of para-hydroxylation sites is 1. The lowest BCUT2D eigenvalue weighted by atomic mass is 10.1. The summed E-state index contributed by atoms with van der Waals surface area (Å²) in [6.45, 7) is 6.81. The van der Waals surface area contributed by atoms with Gasteiger partial charge in [-0.2, -0.15) is 0 Å². The highest BCUT2D eigenvalue weighted by atomic mass is 32.1. The quantitative estimate of drug-likeness (QED) is 0.552. The van der Waals surface area contributed by atoms with Crippen molar-refractivity contribution in [1.29, 1.82) is 0 Å². The summed E-state index contributed by atoms with van der Waals surface area (Å²) < 4.78 is 6.11. The van der Waals surface area contributed by atoms with Gasteiger partial charge in [0.2, 0.25) is 5.91 Å². The van der Waals surface area contributed by atoms with Crippen molar-refractivity contribution in [2.75, 3.05) is 32.7 Å². The second-order valence-electron chi connectivity index (χ2n) is 8.04. The van der Waals surface area contributed by atoms with E-state index < -0.39 is 0 Å². The van der Waals surface area contributed by atoms with Crippen LogP contribution in [0, 0.1) is 0 Å². The van der Waals surface area contributed by atoms with Crippen molar-refractivity contribution in [1.82, 2.24) is 15.1 Å². The number of likely N-dealkylation sites (tertiary alicyclic amines) is 1. The first kappa shape index (κ1) is 21.7. The molecule has 0 atom stereocenters. The smallest absolute Gasteiger partial charge is 0.224 e. The van der Waals surface area contributed by atoms with Crippen LogP contribution in [0.2, 0.25) is 0 Å². The summed E-state index contributed by atoms with van der Waals surface area (Å²) >= 11 is 1.80. The predicted molar refractivity (Wildman–Crippen MR) is 126 cm³/mol. The largest absolute Gasteiger partial charge is 0.490 e. The van der Waals surface area contributed by atoms with E-state index in [9.17, 15) is 4.79 Å². The molecule has 0 bridgehead atoms. The van der Waals surface area contributed by atoms with Crippen LogP contribution in [0.3, 0.4) is 0 Å². The number of rotatable bonds is 6. The molecule has 2 aliphatic rings. The van der Waals surface area contributed by atoms with Crippen molar-refractivity contribution in [2.45, 2.75) is 45.3 Å². The molecule has 166 valence electrons. The number of amides is 1. The zero-order valence-electron chi connectivity index (χ0n) is 18.3. The van der Waals surface area contributed by atoms with E-state index in [0.717, 1.165) is 63.7 Å². The van der Waals surface area contributed by atoms with Gasteiger partial charge in [-0.3, -0.25) is 9.79 Å². The number of ether oxygens (including phenoxy) is 1. The van der Waals surface area contributed by atoms with Crippen LogP contribution in [0.1, 0.15) is 36.6 Å². The van der Waals surface area contributed by atoms with Crippen LogP contribution < -0.4 is 10.1 Å². The third kappa shape index (κ3) is 5.79. The van der Waals surface area contributed by atoms with E-state index >= 15 is 0 Å². The highest BCUT2D eigenvalue weighted by Crippen LogP contribution is 2.24. The minimum absolute atomic E-state index is 0.200. The summed E-state index contributed by atoms with van der Waals surface area (Å²) in [4.78, 5) is 23.1. The Hall–Kier alpha value is -2.54. The molecule has 6 nitrogen and oxygen atoms in total. The van der Waals surface area contributed by atoms with Crippen LogP contribution in [0.4, 0.5) is 0 Å². The molecule has 0 aliphatic carbocycles. The molecule has 1 aromatic heterocycles. The fourth-order valence-corrected chi connectivity index (χ4v) is 5.07. The SMILES string of the molecule is CCNC(=NCCC(=O)N1CCc2sccc2C1)N1CCC(Oc2ccccc2)CC1. The predicted octanol–water partition coefficient (Wildman–Crippen LogP) is 3.53. The zero-order chi connectivity index (χ0) is 21.5. The molecule has 2 aliphatic heterocycles. The second kappa shape index (κ2) is 10.7. The summed E-state index contributed by atoms with van der Waals surface area (Å²) in [6.07, 6.45) is 3.61. The van der Waals surface area contributed by atoms with Crippen molar-refractivity contribution in [3.05, 3.63) is 52.2 Å². The molecule has 1 fully saturated rings. The average Bonchev–Trinajstić information content (AvgIpc) is 3.28.